The van der Waals surface area contributed by atoms with Gasteiger partial charge in [-0.25, -0.2) is 4.39 Å². The van der Waals surface area contributed by atoms with Gasteiger partial charge in [0.25, 0.3) is 24.6 Å². The number of carbonyl (C=O) groups excluding carboxylic acids is 4. The van der Waals surface area contributed by atoms with E-state index in [0.29, 0.717) is 23.1 Å². The van der Waals surface area contributed by atoms with Crippen molar-refractivity contribution in [2.45, 2.75) is 18.3 Å². The second-order valence-electron chi connectivity index (χ2n) is 8.30. The number of nitrogens with two attached hydrogens (primary N) is 2. The van der Waals surface area contributed by atoms with Crippen LogP contribution in [-0.4, -0.2) is 98.9 Å². The molecule has 2 aliphatic heterocycles. The molecule has 3 rings (SSSR count). The molecular formula is C20H25FN8O6S2. The van der Waals surface area contributed by atoms with Crippen LogP contribution in [0.2, 0.25) is 0 Å². The zero-order chi connectivity index (χ0) is 27.3. The molecule has 0 aliphatic carbocycles. The fraction of sp³-hybridized carbons (Fsp3) is 0.450. The highest BCUT2D eigenvalue weighted by molar-refractivity contribution is 8.00. The number of anilines is 1. The van der Waals surface area contributed by atoms with E-state index in [0.717, 1.165) is 16.4 Å². The number of primary amides is 1. The molecule has 0 bridgehead atoms. The molecule has 2 aliphatic rings. The SMILES string of the molecule is CC[N+](C)(C/C=C/C1=C(C(=O)[O-])N2C(=O)[C@H](NC(=O)/C(=N/OCF)c3nsc(N)n3)[C@@H]2SC1)CC(N)=O. The smallest absolute Gasteiger partial charge is 0.278 e. The van der Waals surface area contributed by atoms with Crippen molar-refractivity contribution in [1.82, 2.24) is 19.6 Å². The predicted octanol–water partition coefficient (Wildman–Crippen LogP) is -2.32. The minimum absolute atomic E-state index is 0.0291. The summed E-state index contributed by atoms with van der Waals surface area (Å²) >= 11 is 2.01. The summed E-state index contributed by atoms with van der Waals surface area (Å²) in [4.78, 5) is 58.1. The molecule has 1 fully saturated rings. The lowest BCUT2D eigenvalue weighted by Gasteiger charge is -2.50. The van der Waals surface area contributed by atoms with Crippen LogP contribution in [0.5, 0.6) is 0 Å². The normalized spacial score (nSPS) is 21.3. The number of nitrogen functional groups attached to an aromatic ring is 1. The molecule has 5 N–H and O–H groups in total. The van der Waals surface area contributed by atoms with Gasteiger partial charge in [-0.1, -0.05) is 11.2 Å². The van der Waals surface area contributed by atoms with Crippen molar-refractivity contribution in [3.05, 3.63) is 29.2 Å². The van der Waals surface area contributed by atoms with Gasteiger partial charge in [0.15, 0.2) is 11.7 Å². The number of likely N-dealkylation sites (N-methyl/N-ethyl adjacent to an activating group) is 1. The van der Waals surface area contributed by atoms with Crippen molar-refractivity contribution in [3.8, 4) is 0 Å². The Bertz CT molecular complexity index is 1190. The topological polar surface area (TPSA) is 206 Å². The van der Waals surface area contributed by atoms with Gasteiger partial charge in [-0.2, -0.15) is 9.36 Å². The minimum atomic E-state index is -1.55. The van der Waals surface area contributed by atoms with Gasteiger partial charge < -0.3 is 36.0 Å². The van der Waals surface area contributed by atoms with E-state index in [1.807, 2.05) is 14.0 Å². The number of nitrogens with one attached hydrogen (secondary N) is 1. The highest BCUT2D eigenvalue weighted by Gasteiger charge is 2.53. The van der Waals surface area contributed by atoms with Crippen LogP contribution in [0, 0.1) is 0 Å². The first-order chi connectivity index (χ1) is 17.5. The summed E-state index contributed by atoms with van der Waals surface area (Å²) in [6.07, 6.45) is 3.30. The average Bonchev–Trinajstić information content (AvgIpc) is 3.27. The highest BCUT2D eigenvalue weighted by Crippen LogP contribution is 2.40. The Morgan fingerprint density at radius 1 is 1.43 bits per heavy atom. The second-order valence-corrected chi connectivity index (χ2v) is 10.2. The lowest BCUT2D eigenvalue weighted by atomic mass is 10.0. The number of alkyl halides is 1. The number of β-lactam (4-membered cyclic amide) rings is 1. The van der Waals surface area contributed by atoms with Crippen LogP contribution in [-0.2, 0) is 24.0 Å². The molecule has 0 aromatic carbocycles. The van der Waals surface area contributed by atoms with E-state index < -0.39 is 47.7 Å². The number of carboxylic acid groups (broad SMARTS) is 1. The molecule has 3 heterocycles. The number of rotatable bonds is 12. The maximum atomic E-state index is 12.9. The molecule has 14 nitrogen and oxygen atoms in total. The zero-order valence-corrected chi connectivity index (χ0v) is 21.5. The monoisotopic (exact) mass is 556 g/mol. The Balaban J connectivity index is 1.76. The van der Waals surface area contributed by atoms with Gasteiger partial charge >= 0.3 is 0 Å². The third-order valence-electron chi connectivity index (χ3n) is 5.72. The van der Waals surface area contributed by atoms with Gasteiger partial charge in [0.2, 0.25) is 11.5 Å². The fourth-order valence-corrected chi connectivity index (χ4v) is 5.46. The van der Waals surface area contributed by atoms with Crippen LogP contribution in [0.1, 0.15) is 12.7 Å². The Morgan fingerprint density at radius 2 is 2.16 bits per heavy atom. The Hall–Kier alpha value is -3.57. The highest BCUT2D eigenvalue weighted by atomic mass is 32.2. The van der Waals surface area contributed by atoms with E-state index in [2.05, 4.69) is 24.7 Å². The molecule has 0 spiro atoms. The summed E-state index contributed by atoms with van der Waals surface area (Å²) < 4.78 is 16.6. The van der Waals surface area contributed by atoms with E-state index >= 15 is 0 Å². The molecule has 0 radical (unpaired) electrons. The predicted molar refractivity (Wildman–Crippen MR) is 130 cm³/mol. The van der Waals surface area contributed by atoms with Gasteiger partial charge in [0.1, 0.15) is 11.4 Å². The molecule has 0 saturated carbocycles. The van der Waals surface area contributed by atoms with Crippen LogP contribution in [0.15, 0.2) is 28.6 Å². The van der Waals surface area contributed by atoms with Gasteiger partial charge in [-0.05, 0) is 18.6 Å². The number of allylic oxidation sites excluding steroid dienone is 1. The Labute approximate surface area is 218 Å². The number of halogens is 1. The lowest BCUT2D eigenvalue weighted by Crippen LogP contribution is -2.71. The largest absolute Gasteiger partial charge is 0.543 e. The molecule has 1 aromatic heterocycles. The first-order valence-corrected chi connectivity index (χ1v) is 12.7. The molecule has 1 aromatic rings. The van der Waals surface area contributed by atoms with Crippen LogP contribution < -0.4 is 21.9 Å². The number of amides is 3. The quantitative estimate of drug-likeness (QED) is 0.108. The van der Waals surface area contributed by atoms with E-state index in [1.54, 1.807) is 12.2 Å². The molecule has 1 unspecified atom stereocenters. The summed E-state index contributed by atoms with van der Waals surface area (Å²) in [5, 5.41) is 17.1. The summed E-state index contributed by atoms with van der Waals surface area (Å²) in [6.45, 7) is 1.71. The van der Waals surface area contributed by atoms with Crippen molar-refractivity contribution >= 4 is 57.8 Å². The third kappa shape index (κ3) is 6.23. The van der Waals surface area contributed by atoms with Crippen molar-refractivity contribution in [1.29, 1.82) is 0 Å². The van der Waals surface area contributed by atoms with Gasteiger partial charge in [-0.15, -0.1) is 11.8 Å². The van der Waals surface area contributed by atoms with Gasteiger partial charge in [-0.3, -0.25) is 19.3 Å². The lowest BCUT2D eigenvalue weighted by molar-refractivity contribution is -0.894. The first kappa shape index (κ1) is 28.0. The van der Waals surface area contributed by atoms with E-state index in [9.17, 15) is 28.7 Å². The molecule has 200 valence electrons. The van der Waals surface area contributed by atoms with Crippen molar-refractivity contribution in [2.75, 3.05) is 45.0 Å². The molecule has 17 heteroatoms. The molecule has 3 atom stereocenters. The zero-order valence-electron chi connectivity index (χ0n) is 19.9. The molecule has 3 amide bonds. The minimum Gasteiger partial charge on any atom is -0.543 e. The molecule has 1 saturated heterocycles. The number of fused-ring (bicyclic) bond motifs is 1. The van der Waals surface area contributed by atoms with Crippen LogP contribution in [0.4, 0.5) is 9.52 Å². The number of nitrogens with zero attached hydrogens (tertiary/aromatic N) is 5. The molecule has 37 heavy (non-hydrogen) atoms. The summed E-state index contributed by atoms with van der Waals surface area (Å²) in [5.74, 6) is -3.63. The number of quaternary nitrogens is 1. The van der Waals surface area contributed by atoms with E-state index in [4.69, 9.17) is 11.5 Å². The van der Waals surface area contributed by atoms with Crippen LogP contribution >= 0.6 is 23.3 Å². The summed E-state index contributed by atoms with van der Waals surface area (Å²) in [5.41, 5.74) is 10.4. The third-order valence-corrected chi connectivity index (χ3v) is 7.56. The fourth-order valence-electron chi connectivity index (χ4n) is 3.70. The number of aromatic nitrogens is 2. The Kier molecular flexibility index (Phi) is 8.82. The number of carboxylic acids is 1. The average molecular weight is 557 g/mol. The van der Waals surface area contributed by atoms with Crippen molar-refractivity contribution in [2.24, 2.45) is 10.9 Å². The van der Waals surface area contributed by atoms with Crippen LogP contribution in [0.25, 0.3) is 0 Å². The van der Waals surface area contributed by atoms with E-state index in [-0.39, 0.29) is 29.0 Å². The Morgan fingerprint density at radius 3 is 2.73 bits per heavy atom. The maximum absolute atomic E-state index is 12.9. The van der Waals surface area contributed by atoms with Gasteiger partial charge in [0.05, 0.1) is 31.8 Å². The maximum Gasteiger partial charge on any atom is 0.278 e. The number of carbonyl (C=O) groups is 4. The second kappa shape index (κ2) is 11.7. The summed E-state index contributed by atoms with van der Waals surface area (Å²) in [6, 6.07) is -1.10. The summed E-state index contributed by atoms with van der Waals surface area (Å²) in [7, 11) is 1.84. The number of hydrogen-bond acceptors (Lipinski definition) is 12. The molecular weight excluding hydrogens is 531 g/mol. The van der Waals surface area contributed by atoms with Crippen molar-refractivity contribution in [3.63, 3.8) is 0 Å². The number of aliphatic carboxylic acids is 1. The van der Waals surface area contributed by atoms with Crippen LogP contribution in [0.3, 0.4) is 0 Å². The van der Waals surface area contributed by atoms with Crippen molar-refractivity contribution < 1.29 is 38.0 Å². The number of hydrogen-bond donors (Lipinski definition) is 3. The number of thioether (sulfide) groups is 1. The number of oxime groups is 1. The van der Waals surface area contributed by atoms with E-state index in [1.165, 1.54) is 11.8 Å². The first-order valence-electron chi connectivity index (χ1n) is 10.8. The standard InChI is InChI=1S/C20H25FN8O6S2/c1-3-29(2,7-11(22)30)6-4-5-10-8-36-18-13(17(32)28(18)14(10)19(33)34)24-16(31)12(26-35-9-21)15-25-20(23)37-27-15/h4-5,13,18H,3,6-9H2,1-2H3,(H5-,22,23,24,25,27,30,31,33,34)/b5-4+,26-12+/t13-,18-,29?/m0/s1. The van der Waals surface area contributed by atoms with Gasteiger partial charge in [0, 0.05) is 17.3 Å².